The summed E-state index contributed by atoms with van der Waals surface area (Å²) in [5.41, 5.74) is 1.87. The highest BCUT2D eigenvalue weighted by atomic mass is 32.2. The van der Waals surface area contributed by atoms with E-state index < -0.39 is 16.1 Å². The van der Waals surface area contributed by atoms with Gasteiger partial charge in [-0.05, 0) is 42.0 Å². The number of nitrogens with zero attached hydrogens (tertiary/aromatic N) is 2. The topological polar surface area (TPSA) is 89.8 Å². The Labute approximate surface area is 159 Å². The normalized spacial score (nSPS) is 15.5. The van der Waals surface area contributed by atoms with Crippen LogP contribution >= 0.6 is 11.8 Å². The highest BCUT2D eigenvalue weighted by Crippen LogP contribution is 2.35. The van der Waals surface area contributed by atoms with Gasteiger partial charge in [0.1, 0.15) is 5.75 Å². The molecule has 8 heteroatoms. The summed E-state index contributed by atoms with van der Waals surface area (Å²) in [4.78, 5) is 36.8. The second-order valence-corrected chi connectivity index (χ2v) is 6.88. The predicted octanol–water partition coefficient (Wildman–Crippen LogP) is 4.15. The van der Waals surface area contributed by atoms with Crippen molar-refractivity contribution in [1.82, 2.24) is 4.90 Å². The molecule has 1 aliphatic rings. The fourth-order valence-electron chi connectivity index (χ4n) is 2.71. The van der Waals surface area contributed by atoms with Crippen molar-refractivity contribution < 1.29 is 19.2 Å². The highest BCUT2D eigenvalue weighted by molar-refractivity contribution is 8.18. The fraction of sp³-hybridized carbons (Fsp3) is 0.158. The van der Waals surface area contributed by atoms with Gasteiger partial charge in [-0.1, -0.05) is 30.3 Å². The summed E-state index contributed by atoms with van der Waals surface area (Å²) in [7, 11) is 1.56. The van der Waals surface area contributed by atoms with Crippen LogP contribution in [0, 0.1) is 17.0 Å². The minimum atomic E-state index is -0.525. The molecular weight excluding hydrogens is 368 g/mol. The van der Waals surface area contributed by atoms with Gasteiger partial charge in [0, 0.05) is 11.6 Å². The van der Waals surface area contributed by atoms with E-state index in [1.54, 1.807) is 31.4 Å². The summed E-state index contributed by atoms with van der Waals surface area (Å²) in [6.07, 6.45) is 1.62. The van der Waals surface area contributed by atoms with Crippen LogP contribution in [0.1, 0.15) is 16.7 Å². The molecule has 7 nitrogen and oxygen atoms in total. The molecule has 2 aromatic rings. The summed E-state index contributed by atoms with van der Waals surface area (Å²) in [6.45, 7) is 1.76. The Bertz CT molecular complexity index is 970. The molecule has 2 aromatic carbocycles. The van der Waals surface area contributed by atoms with E-state index in [1.165, 1.54) is 12.1 Å². The summed E-state index contributed by atoms with van der Waals surface area (Å²) in [6, 6.07) is 11.5. The lowest BCUT2D eigenvalue weighted by Gasteiger charge is -2.12. The molecule has 1 aliphatic heterocycles. The Kier molecular flexibility index (Phi) is 5.27. The van der Waals surface area contributed by atoms with Crippen LogP contribution in [-0.2, 0) is 11.3 Å². The molecule has 0 unspecified atom stereocenters. The molecule has 1 heterocycles. The Hall–Kier alpha value is -3.13. The van der Waals surface area contributed by atoms with Crippen molar-refractivity contribution in [1.29, 1.82) is 0 Å². The monoisotopic (exact) mass is 384 g/mol. The smallest absolute Gasteiger partial charge is 0.293 e. The van der Waals surface area contributed by atoms with Gasteiger partial charge in [0.05, 0.1) is 23.5 Å². The van der Waals surface area contributed by atoms with E-state index in [-0.39, 0.29) is 17.1 Å². The van der Waals surface area contributed by atoms with Crippen LogP contribution in [0.3, 0.4) is 0 Å². The lowest BCUT2D eigenvalue weighted by Crippen LogP contribution is -2.27. The van der Waals surface area contributed by atoms with Gasteiger partial charge in [0.15, 0.2) is 0 Å². The number of hydrogen-bond donors (Lipinski definition) is 0. The second kappa shape index (κ2) is 7.63. The van der Waals surface area contributed by atoms with Gasteiger partial charge in [0.25, 0.3) is 16.8 Å². The van der Waals surface area contributed by atoms with E-state index in [0.29, 0.717) is 11.3 Å². The van der Waals surface area contributed by atoms with Crippen molar-refractivity contribution in [2.45, 2.75) is 13.5 Å². The van der Waals surface area contributed by atoms with Crippen molar-refractivity contribution in [3.8, 4) is 5.75 Å². The lowest BCUT2D eigenvalue weighted by atomic mass is 10.1. The Morgan fingerprint density at radius 1 is 1.22 bits per heavy atom. The van der Waals surface area contributed by atoms with Crippen LogP contribution in [0.25, 0.3) is 6.08 Å². The number of nitro benzene ring substituents is 1. The van der Waals surface area contributed by atoms with E-state index in [2.05, 4.69) is 0 Å². The molecule has 0 aromatic heterocycles. The molecule has 27 heavy (non-hydrogen) atoms. The first-order valence-electron chi connectivity index (χ1n) is 8.03. The maximum atomic E-state index is 12.6. The average Bonchev–Trinajstić information content (AvgIpc) is 2.91. The number of carbonyl (C=O) groups is 2. The third-order valence-corrected chi connectivity index (χ3v) is 5.03. The predicted molar refractivity (Wildman–Crippen MR) is 102 cm³/mol. The molecule has 0 N–H and O–H groups in total. The number of rotatable bonds is 5. The van der Waals surface area contributed by atoms with Crippen molar-refractivity contribution >= 4 is 34.7 Å². The van der Waals surface area contributed by atoms with Crippen molar-refractivity contribution in [2.24, 2.45) is 0 Å². The number of thioether (sulfide) groups is 1. The largest absolute Gasteiger partial charge is 0.496 e. The van der Waals surface area contributed by atoms with Crippen LogP contribution in [-0.4, -0.2) is 28.1 Å². The zero-order valence-corrected chi connectivity index (χ0v) is 15.5. The molecule has 2 amide bonds. The maximum Gasteiger partial charge on any atom is 0.293 e. The average molecular weight is 384 g/mol. The quantitative estimate of drug-likeness (QED) is 0.437. The molecule has 138 valence electrons. The molecule has 0 spiro atoms. The van der Waals surface area contributed by atoms with E-state index in [9.17, 15) is 19.7 Å². The van der Waals surface area contributed by atoms with Crippen molar-refractivity contribution in [3.05, 3.63) is 74.2 Å². The van der Waals surface area contributed by atoms with Crippen LogP contribution in [0.4, 0.5) is 10.5 Å². The van der Waals surface area contributed by atoms with Crippen LogP contribution in [0.2, 0.25) is 0 Å². The van der Waals surface area contributed by atoms with Gasteiger partial charge < -0.3 is 4.74 Å². The summed E-state index contributed by atoms with van der Waals surface area (Å²) in [5.74, 6) is 0.214. The van der Waals surface area contributed by atoms with Crippen LogP contribution in [0.15, 0.2) is 47.4 Å². The fourth-order valence-corrected chi connectivity index (χ4v) is 3.55. The number of imide groups is 1. The minimum Gasteiger partial charge on any atom is -0.496 e. The second-order valence-electron chi connectivity index (χ2n) is 5.88. The Morgan fingerprint density at radius 3 is 2.67 bits per heavy atom. The number of benzene rings is 2. The van der Waals surface area contributed by atoms with E-state index in [0.717, 1.165) is 27.8 Å². The van der Waals surface area contributed by atoms with Gasteiger partial charge in [-0.25, -0.2) is 0 Å². The highest BCUT2D eigenvalue weighted by Gasteiger charge is 2.36. The summed E-state index contributed by atoms with van der Waals surface area (Å²) < 4.78 is 5.27. The third-order valence-electron chi connectivity index (χ3n) is 4.12. The number of aryl methyl sites for hydroxylation is 1. The first kappa shape index (κ1) is 18.7. The molecular formula is C19H16N2O5S. The lowest BCUT2D eigenvalue weighted by molar-refractivity contribution is -0.385. The Balaban J connectivity index is 1.87. The van der Waals surface area contributed by atoms with Crippen LogP contribution < -0.4 is 4.74 Å². The molecule has 0 atom stereocenters. The van der Waals surface area contributed by atoms with E-state index in [1.807, 2.05) is 19.1 Å². The minimum absolute atomic E-state index is 0.121. The number of carbonyl (C=O) groups excluding carboxylic acids is 2. The Morgan fingerprint density at radius 2 is 1.96 bits per heavy atom. The summed E-state index contributed by atoms with van der Waals surface area (Å²) in [5, 5.41) is 10.7. The zero-order chi connectivity index (χ0) is 19.6. The number of hydrogen-bond acceptors (Lipinski definition) is 6. The van der Waals surface area contributed by atoms with Crippen LogP contribution in [0.5, 0.6) is 5.75 Å². The van der Waals surface area contributed by atoms with E-state index >= 15 is 0 Å². The molecule has 3 rings (SSSR count). The SMILES string of the molecule is COc1cc(C=C2SC(=O)N(Cc3ccccc3[N+](=O)[O-])C2=O)ccc1C. The number of ether oxygens (including phenoxy) is 1. The molecule has 1 saturated heterocycles. The van der Waals surface area contributed by atoms with Gasteiger partial charge >= 0.3 is 0 Å². The first-order chi connectivity index (χ1) is 12.9. The number of amides is 2. The summed E-state index contributed by atoms with van der Waals surface area (Å²) >= 11 is 0.816. The molecule has 1 fully saturated rings. The van der Waals surface area contributed by atoms with Crippen molar-refractivity contribution in [2.75, 3.05) is 7.11 Å². The third kappa shape index (κ3) is 3.85. The van der Waals surface area contributed by atoms with Gasteiger partial charge in [-0.3, -0.25) is 24.6 Å². The van der Waals surface area contributed by atoms with Gasteiger partial charge in [0.2, 0.25) is 0 Å². The van der Waals surface area contributed by atoms with E-state index in [4.69, 9.17) is 4.74 Å². The molecule has 0 aliphatic carbocycles. The van der Waals surface area contributed by atoms with Crippen molar-refractivity contribution in [3.63, 3.8) is 0 Å². The standard InChI is InChI=1S/C19H16N2O5S/c1-12-7-8-13(9-16(12)26-2)10-17-18(22)20(19(23)27-17)11-14-5-3-4-6-15(14)21(24)25/h3-10H,11H2,1-2H3. The number of para-hydroxylation sites is 1. The first-order valence-corrected chi connectivity index (χ1v) is 8.84. The zero-order valence-electron chi connectivity index (χ0n) is 14.7. The number of methoxy groups -OCH3 is 1. The number of nitro groups is 1. The van der Waals surface area contributed by atoms with Gasteiger partial charge in [-0.2, -0.15) is 0 Å². The molecule has 0 saturated carbocycles. The van der Waals surface area contributed by atoms with Gasteiger partial charge in [-0.15, -0.1) is 0 Å². The maximum absolute atomic E-state index is 12.6. The molecule has 0 bridgehead atoms. The molecule has 0 radical (unpaired) electrons.